The van der Waals surface area contributed by atoms with Crippen LogP contribution in [0.2, 0.25) is 0 Å². The van der Waals surface area contributed by atoms with Crippen LogP contribution in [0.3, 0.4) is 0 Å². The predicted molar refractivity (Wildman–Crippen MR) is 110 cm³/mol. The van der Waals surface area contributed by atoms with Crippen molar-refractivity contribution in [2.75, 3.05) is 11.1 Å². The lowest BCUT2D eigenvalue weighted by molar-refractivity contribution is -0.113. The van der Waals surface area contributed by atoms with Gasteiger partial charge in [-0.1, -0.05) is 23.9 Å². The van der Waals surface area contributed by atoms with Crippen molar-refractivity contribution in [1.29, 1.82) is 0 Å². The Morgan fingerprint density at radius 1 is 1.00 bits per heavy atom. The maximum atomic E-state index is 12.9. The van der Waals surface area contributed by atoms with Crippen LogP contribution in [0.5, 0.6) is 0 Å². The Kier molecular flexibility index (Phi) is 5.62. The average molecular weight is 405 g/mol. The second kappa shape index (κ2) is 8.66. The summed E-state index contributed by atoms with van der Waals surface area (Å²) in [7, 11) is 0. The molecular weight excluding hydrogens is 389 g/mol. The zero-order valence-corrected chi connectivity index (χ0v) is 16.0. The number of nitrogens with one attached hydrogen (secondary N) is 1. The van der Waals surface area contributed by atoms with E-state index in [2.05, 4.69) is 20.6 Å². The van der Waals surface area contributed by atoms with E-state index in [9.17, 15) is 9.18 Å². The number of hydrogen-bond donors (Lipinski definition) is 1. The topological polar surface area (TPSA) is 72.7 Å². The number of aromatic nitrogens is 4. The van der Waals surface area contributed by atoms with Crippen molar-refractivity contribution in [2.24, 2.45) is 0 Å². The molecular formula is C21H16FN5OS. The summed E-state index contributed by atoms with van der Waals surface area (Å²) in [4.78, 5) is 12.0. The second-order valence-corrected chi connectivity index (χ2v) is 7.09. The van der Waals surface area contributed by atoms with Gasteiger partial charge in [0.1, 0.15) is 10.8 Å². The molecule has 2 aromatic carbocycles. The van der Waals surface area contributed by atoms with Crippen molar-refractivity contribution in [3.8, 4) is 16.9 Å². The molecule has 144 valence electrons. The van der Waals surface area contributed by atoms with Crippen LogP contribution >= 0.6 is 11.8 Å². The lowest BCUT2D eigenvalue weighted by atomic mass is 10.1. The number of carbonyl (C=O) groups is 1. The fraction of sp³-hybridized carbons (Fsp3) is 0.0476. The molecule has 2 aromatic heterocycles. The Hall–Kier alpha value is -3.52. The summed E-state index contributed by atoms with van der Waals surface area (Å²) >= 11 is 1.28. The van der Waals surface area contributed by atoms with Crippen molar-refractivity contribution < 1.29 is 9.18 Å². The summed E-state index contributed by atoms with van der Waals surface area (Å²) in [5, 5.41) is 16.0. The van der Waals surface area contributed by atoms with Gasteiger partial charge in [0.2, 0.25) is 5.91 Å². The van der Waals surface area contributed by atoms with Gasteiger partial charge in [-0.3, -0.25) is 4.79 Å². The number of amides is 1. The third-order valence-corrected chi connectivity index (χ3v) is 4.97. The van der Waals surface area contributed by atoms with Crippen LogP contribution in [0.15, 0.2) is 84.1 Å². The lowest BCUT2D eigenvalue weighted by Crippen LogP contribution is -2.14. The molecule has 2 heterocycles. The molecule has 4 rings (SSSR count). The van der Waals surface area contributed by atoms with Crippen LogP contribution in [0, 0.1) is 5.82 Å². The molecule has 0 unspecified atom stereocenters. The van der Waals surface area contributed by atoms with Crippen LogP contribution in [-0.4, -0.2) is 31.6 Å². The van der Waals surface area contributed by atoms with Gasteiger partial charge >= 0.3 is 0 Å². The normalized spacial score (nSPS) is 10.7. The Labute approximate surface area is 170 Å². The van der Waals surface area contributed by atoms with Gasteiger partial charge in [-0.25, -0.2) is 9.07 Å². The number of halogens is 1. The number of carbonyl (C=O) groups excluding carboxylic acids is 1. The van der Waals surface area contributed by atoms with E-state index in [1.165, 1.54) is 36.0 Å². The standard InChI is InChI=1S/C21H16FN5OS/c22-16-4-6-17(7-5-16)24-20(28)14-29-21-11-10-19(25-26-21)15-2-8-18(9-3-15)27-13-1-12-23-27/h1-13H,14H2,(H,24,28). The molecule has 0 bridgehead atoms. The quantitative estimate of drug-likeness (QED) is 0.487. The largest absolute Gasteiger partial charge is 0.325 e. The first kappa shape index (κ1) is 18.8. The summed E-state index contributed by atoms with van der Waals surface area (Å²) in [6, 6.07) is 19.1. The molecule has 4 aromatic rings. The third kappa shape index (κ3) is 4.85. The number of benzene rings is 2. The average Bonchev–Trinajstić information content (AvgIpc) is 3.29. The highest BCUT2D eigenvalue weighted by molar-refractivity contribution is 7.99. The first-order valence-corrected chi connectivity index (χ1v) is 9.78. The number of hydrogen-bond acceptors (Lipinski definition) is 5. The van der Waals surface area contributed by atoms with E-state index in [-0.39, 0.29) is 17.5 Å². The van der Waals surface area contributed by atoms with E-state index in [0.717, 1.165) is 16.9 Å². The molecule has 0 atom stereocenters. The highest BCUT2D eigenvalue weighted by Crippen LogP contribution is 2.21. The summed E-state index contributed by atoms with van der Waals surface area (Å²) in [5.41, 5.74) is 3.21. The Balaban J connectivity index is 1.34. The fourth-order valence-corrected chi connectivity index (χ4v) is 3.24. The number of rotatable bonds is 6. The lowest BCUT2D eigenvalue weighted by Gasteiger charge is -2.06. The number of anilines is 1. The SMILES string of the molecule is O=C(CSc1ccc(-c2ccc(-n3cccn3)cc2)nn1)Nc1ccc(F)cc1. The minimum Gasteiger partial charge on any atom is -0.325 e. The Bertz CT molecular complexity index is 1080. The molecule has 8 heteroatoms. The van der Waals surface area contributed by atoms with E-state index in [1.807, 2.05) is 48.7 Å². The minimum absolute atomic E-state index is 0.184. The smallest absolute Gasteiger partial charge is 0.234 e. The van der Waals surface area contributed by atoms with Crippen molar-refractivity contribution >= 4 is 23.4 Å². The molecule has 29 heavy (non-hydrogen) atoms. The molecule has 0 fully saturated rings. The van der Waals surface area contributed by atoms with Gasteiger partial charge in [-0.15, -0.1) is 10.2 Å². The maximum Gasteiger partial charge on any atom is 0.234 e. The molecule has 0 radical (unpaired) electrons. The number of thioether (sulfide) groups is 1. The van der Waals surface area contributed by atoms with Crippen molar-refractivity contribution in [3.63, 3.8) is 0 Å². The molecule has 0 aliphatic heterocycles. The van der Waals surface area contributed by atoms with Gasteiger partial charge in [0.15, 0.2) is 0 Å². The highest BCUT2D eigenvalue weighted by Gasteiger charge is 2.07. The second-order valence-electron chi connectivity index (χ2n) is 6.10. The van der Waals surface area contributed by atoms with Gasteiger partial charge in [0.25, 0.3) is 0 Å². The van der Waals surface area contributed by atoms with Crippen LogP contribution < -0.4 is 5.32 Å². The number of nitrogens with zero attached hydrogens (tertiary/aromatic N) is 4. The van der Waals surface area contributed by atoms with Crippen molar-refractivity contribution in [2.45, 2.75) is 5.03 Å². The van der Waals surface area contributed by atoms with Crippen LogP contribution in [0.25, 0.3) is 16.9 Å². The molecule has 0 aliphatic carbocycles. The van der Waals surface area contributed by atoms with E-state index in [0.29, 0.717) is 10.7 Å². The molecule has 6 nitrogen and oxygen atoms in total. The van der Waals surface area contributed by atoms with Crippen molar-refractivity contribution in [3.05, 3.63) is 84.9 Å². The molecule has 0 saturated carbocycles. The first-order chi connectivity index (χ1) is 14.2. The van der Waals surface area contributed by atoms with Gasteiger partial charge in [-0.05, 0) is 54.6 Å². The maximum absolute atomic E-state index is 12.9. The predicted octanol–water partition coefficient (Wildman–Crippen LogP) is 4.20. The highest BCUT2D eigenvalue weighted by atomic mass is 32.2. The Morgan fingerprint density at radius 3 is 2.45 bits per heavy atom. The fourth-order valence-electron chi connectivity index (χ4n) is 2.63. The zero-order valence-electron chi connectivity index (χ0n) is 15.2. The van der Waals surface area contributed by atoms with Crippen LogP contribution in [0.1, 0.15) is 0 Å². The Morgan fingerprint density at radius 2 is 1.79 bits per heavy atom. The van der Waals surface area contributed by atoms with Crippen molar-refractivity contribution in [1.82, 2.24) is 20.0 Å². The van der Waals surface area contributed by atoms with Gasteiger partial charge in [-0.2, -0.15) is 5.10 Å². The zero-order chi connectivity index (χ0) is 20.1. The van der Waals surface area contributed by atoms with Gasteiger partial charge in [0.05, 0.1) is 17.1 Å². The van der Waals surface area contributed by atoms with Crippen LogP contribution in [-0.2, 0) is 4.79 Å². The summed E-state index contributed by atoms with van der Waals surface area (Å²) in [6.07, 6.45) is 3.61. The molecule has 0 spiro atoms. The van der Waals surface area contributed by atoms with E-state index in [4.69, 9.17) is 0 Å². The van der Waals surface area contributed by atoms with E-state index in [1.54, 1.807) is 10.9 Å². The molecule has 1 amide bonds. The van der Waals surface area contributed by atoms with E-state index < -0.39 is 0 Å². The molecule has 1 N–H and O–H groups in total. The molecule has 0 saturated heterocycles. The molecule has 0 aliphatic rings. The summed E-state index contributed by atoms with van der Waals surface area (Å²) < 4.78 is 14.7. The summed E-state index contributed by atoms with van der Waals surface area (Å²) in [6.45, 7) is 0. The minimum atomic E-state index is -0.344. The van der Waals surface area contributed by atoms with E-state index >= 15 is 0 Å². The first-order valence-electron chi connectivity index (χ1n) is 8.80. The van der Waals surface area contributed by atoms with Gasteiger partial charge in [0, 0.05) is 23.6 Å². The monoisotopic (exact) mass is 405 g/mol. The van der Waals surface area contributed by atoms with Crippen LogP contribution in [0.4, 0.5) is 10.1 Å². The third-order valence-electron chi connectivity index (χ3n) is 4.05. The van der Waals surface area contributed by atoms with Gasteiger partial charge < -0.3 is 5.32 Å². The summed E-state index contributed by atoms with van der Waals surface area (Å²) in [5.74, 6) is -0.352.